The molecule has 2 aromatic rings. The van der Waals surface area contributed by atoms with E-state index >= 15 is 0 Å². The lowest BCUT2D eigenvalue weighted by Gasteiger charge is -2.33. The number of rotatable bonds is 4. The Bertz CT molecular complexity index is 766. The Morgan fingerprint density at radius 1 is 0.852 bits per heavy atom. The molecule has 0 saturated carbocycles. The standard InChI is InChI=1S/C23H27ClN2O/c24-21-12-10-19(11-13-21)18-6-8-20(9-7-18)23(27)26-16-4-5-22(26)17-25-14-2-1-3-15-25/h6-13,22H,1-5,14-17H2. The summed E-state index contributed by atoms with van der Waals surface area (Å²) in [6, 6.07) is 16.2. The minimum atomic E-state index is 0.178. The van der Waals surface area contributed by atoms with Crippen molar-refractivity contribution >= 4 is 17.5 Å². The number of piperidine rings is 1. The molecule has 0 bridgehead atoms. The molecule has 2 saturated heterocycles. The van der Waals surface area contributed by atoms with Crippen LogP contribution >= 0.6 is 11.6 Å². The van der Waals surface area contributed by atoms with Gasteiger partial charge in [-0.15, -0.1) is 0 Å². The number of likely N-dealkylation sites (tertiary alicyclic amines) is 2. The molecule has 27 heavy (non-hydrogen) atoms. The van der Waals surface area contributed by atoms with E-state index in [9.17, 15) is 4.79 Å². The molecule has 1 unspecified atom stereocenters. The maximum absolute atomic E-state index is 13.1. The van der Waals surface area contributed by atoms with Crippen LogP contribution in [0.2, 0.25) is 5.02 Å². The van der Waals surface area contributed by atoms with E-state index in [-0.39, 0.29) is 5.91 Å². The summed E-state index contributed by atoms with van der Waals surface area (Å²) in [5, 5.41) is 0.735. The highest BCUT2D eigenvalue weighted by Gasteiger charge is 2.31. The summed E-state index contributed by atoms with van der Waals surface area (Å²) in [6.07, 6.45) is 6.20. The highest BCUT2D eigenvalue weighted by atomic mass is 35.5. The topological polar surface area (TPSA) is 23.6 Å². The van der Waals surface area contributed by atoms with Gasteiger partial charge < -0.3 is 9.80 Å². The largest absolute Gasteiger partial charge is 0.334 e. The molecule has 0 aliphatic carbocycles. The summed E-state index contributed by atoms with van der Waals surface area (Å²) < 4.78 is 0. The summed E-state index contributed by atoms with van der Waals surface area (Å²) >= 11 is 5.97. The Hall–Kier alpha value is -1.84. The van der Waals surface area contributed by atoms with Gasteiger partial charge in [0, 0.05) is 29.7 Å². The monoisotopic (exact) mass is 382 g/mol. The molecule has 142 valence electrons. The molecular weight excluding hydrogens is 356 g/mol. The Kier molecular flexibility index (Phi) is 5.80. The van der Waals surface area contributed by atoms with Gasteiger partial charge >= 0.3 is 0 Å². The van der Waals surface area contributed by atoms with Crippen LogP contribution in [0, 0.1) is 0 Å². The summed E-state index contributed by atoms with van der Waals surface area (Å²) in [7, 11) is 0. The molecular formula is C23H27ClN2O. The summed E-state index contributed by atoms with van der Waals surface area (Å²) in [6.45, 7) is 4.30. The minimum absolute atomic E-state index is 0.178. The fraction of sp³-hybridized carbons (Fsp3) is 0.435. The van der Waals surface area contributed by atoms with Gasteiger partial charge in [0.2, 0.25) is 0 Å². The molecule has 1 amide bonds. The van der Waals surface area contributed by atoms with Crippen molar-refractivity contribution in [1.29, 1.82) is 0 Å². The van der Waals surface area contributed by atoms with Crippen LogP contribution in [0.1, 0.15) is 42.5 Å². The van der Waals surface area contributed by atoms with Crippen LogP contribution < -0.4 is 0 Å². The summed E-state index contributed by atoms with van der Waals surface area (Å²) in [4.78, 5) is 17.7. The molecule has 2 aromatic carbocycles. The van der Waals surface area contributed by atoms with E-state index in [4.69, 9.17) is 11.6 Å². The first kappa shape index (κ1) is 18.5. The van der Waals surface area contributed by atoms with Crippen LogP contribution in [-0.2, 0) is 0 Å². The first-order valence-electron chi connectivity index (χ1n) is 10.1. The van der Waals surface area contributed by atoms with E-state index in [0.717, 1.165) is 47.6 Å². The molecule has 0 N–H and O–H groups in total. The van der Waals surface area contributed by atoms with Crippen molar-refractivity contribution in [1.82, 2.24) is 9.80 Å². The fourth-order valence-corrected chi connectivity index (χ4v) is 4.47. The number of amides is 1. The van der Waals surface area contributed by atoms with Crippen LogP contribution in [0.25, 0.3) is 11.1 Å². The fourth-order valence-electron chi connectivity index (χ4n) is 4.35. The molecule has 3 nitrogen and oxygen atoms in total. The van der Waals surface area contributed by atoms with E-state index in [1.165, 1.54) is 32.4 Å². The zero-order chi connectivity index (χ0) is 18.6. The number of hydrogen-bond donors (Lipinski definition) is 0. The van der Waals surface area contributed by atoms with E-state index in [1.807, 2.05) is 48.5 Å². The SMILES string of the molecule is O=C(c1ccc(-c2ccc(Cl)cc2)cc1)N1CCCC1CN1CCCCC1. The highest BCUT2D eigenvalue weighted by Crippen LogP contribution is 2.25. The number of hydrogen-bond acceptors (Lipinski definition) is 2. The molecule has 4 heteroatoms. The van der Waals surface area contributed by atoms with Crippen LogP contribution in [0.5, 0.6) is 0 Å². The average Bonchev–Trinajstić information content (AvgIpc) is 3.17. The van der Waals surface area contributed by atoms with Crippen molar-refractivity contribution < 1.29 is 4.79 Å². The van der Waals surface area contributed by atoms with Gasteiger partial charge in [0.1, 0.15) is 0 Å². The number of halogens is 1. The zero-order valence-electron chi connectivity index (χ0n) is 15.7. The Morgan fingerprint density at radius 2 is 1.48 bits per heavy atom. The van der Waals surface area contributed by atoms with Gasteiger partial charge in [-0.2, -0.15) is 0 Å². The van der Waals surface area contributed by atoms with Crippen molar-refractivity contribution in [2.75, 3.05) is 26.2 Å². The smallest absolute Gasteiger partial charge is 0.254 e. The van der Waals surface area contributed by atoms with E-state index in [2.05, 4.69) is 9.80 Å². The molecule has 2 aliphatic heterocycles. The predicted octanol–water partition coefficient (Wildman–Crippen LogP) is 5.10. The van der Waals surface area contributed by atoms with Crippen LogP contribution in [0.3, 0.4) is 0 Å². The Morgan fingerprint density at radius 3 is 2.15 bits per heavy atom. The van der Waals surface area contributed by atoms with E-state index in [0.29, 0.717) is 6.04 Å². The first-order valence-corrected chi connectivity index (χ1v) is 10.5. The number of carbonyl (C=O) groups is 1. The third-order valence-corrected chi connectivity index (χ3v) is 6.12. The second kappa shape index (κ2) is 8.45. The summed E-state index contributed by atoms with van der Waals surface area (Å²) in [5.41, 5.74) is 3.01. The van der Waals surface area contributed by atoms with Gasteiger partial charge in [0.05, 0.1) is 0 Å². The number of benzene rings is 2. The van der Waals surface area contributed by atoms with Gasteiger partial charge in [0.25, 0.3) is 5.91 Å². The quantitative estimate of drug-likeness (QED) is 0.734. The zero-order valence-corrected chi connectivity index (χ0v) is 16.5. The molecule has 2 aliphatic rings. The lowest BCUT2D eigenvalue weighted by Crippen LogP contribution is -2.44. The molecule has 4 rings (SSSR count). The second-order valence-electron chi connectivity index (χ2n) is 7.74. The normalized spacial score (nSPS) is 20.8. The Labute approximate surface area is 166 Å². The molecule has 0 spiro atoms. The van der Waals surface area contributed by atoms with E-state index < -0.39 is 0 Å². The van der Waals surface area contributed by atoms with Gasteiger partial charge in [-0.1, -0.05) is 42.3 Å². The highest BCUT2D eigenvalue weighted by molar-refractivity contribution is 6.30. The first-order chi connectivity index (χ1) is 13.2. The third kappa shape index (κ3) is 4.36. The molecule has 0 radical (unpaired) electrons. The second-order valence-corrected chi connectivity index (χ2v) is 8.18. The van der Waals surface area contributed by atoms with Crippen LogP contribution in [0.4, 0.5) is 0 Å². The summed E-state index contributed by atoms with van der Waals surface area (Å²) in [5.74, 6) is 0.178. The van der Waals surface area contributed by atoms with Crippen LogP contribution in [-0.4, -0.2) is 47.9 Å². The van der Waals surface area contributed by atoms with Crippen molar-refractivity contribution in [3.8, 4) is 11.1 Å². The lowest BCUT2D eigenvalue weighted by molar-refractivity contribution is 0.0690. The molecule has 2 fully saturated rings. The van der Waals surface area contributed by atoms with Gasteiger partial charge in [0.15, 0.2) is 0 Å². The van der Waals surface area contributed by atoms with Crippen molar-refractivity contribution in [3.05, 3.63) is 59.1 Å². The van der Waals surface area contributed by atoms with Crippen LogP contribution in [0.15, 0.2) is 48.5 Å². The Balaban J connectivity index is 1.44. The van der Waals surface area contributed by atoms with E-state index in [1.54, 1.807) is 0 Å². The minimum Gasteiger partial charge on any atom is -0.334 e. The van der Waals surface area contributed by atoms with Gasteiger partial charge in [-0.05, 0) is 74.2 Å². The maximum atomic E-state index is 13.1. The number of nitrogens with zero attached hydrogens (tertiary/aromatic N) is 2. The van der Waals surface area contributed by atoms with Crippen molar-refractivity contribution in [2.24, 2.45) is 0 Å². The molecule has 0 aromatic heterocycles. The predicted molar refractivity (Wildman–Crippen MR) is 111 cm³/mol. The lowest BCUT2D eigenvalue weighted by atomic mass is 10.0. The van der Waals surface area contributed by atoms with Crippen molar-refractivity contribution in [3.63, 3.8) is 0 Å². The number of carbonyl (C=O) groups excluding carboxylic acids is 1. The van der Waals surface area contributed by atoms with Crippen molar-refractivity contribution in [2.45, 2.75) is 38.1 Å². The van der Waals surface area contributed by atoms with Gasteiger partial charge in [-0.25, -0.2) is 0 Å². The molecule has 1 atom stereocenters. The van der Waals surface area contributed by atoms with Gasteiger partial charge in [-0.3, -0.25) is 4.79 Å². The average molecular weight is 383 g/mol. The third-order valence-electron chi connectivity index (χ3n) is 5.87. The maximum Gasteiger partial charge on any atom is 0.254 e. The molecule has 2 heterocycles.